The maximum Gasteiger partial charge on any atom is 0.246 e. The number of piperidine rings is 1. The first-order chi connectivity index (χ1) is 17.9. The van der Waals surface area contributed by atoms with Crippen molar-refractivity contribution >= 4 is 52.0 Å². The molecule has 0 spiro atoms. The first-order valence-corrected chi connectivity index (χ1v) is 12.8. The summed E-state index contributed by atoms with van der Waals surface area (Å²) in [5.41, 5.74) is 10.5. The Balaban J connectivity index is 1.45. The molecule has 1 atom stereocenters. The van der Waals surface area contributed by atoms with Crippen LogP contribution in [0.4, 0.5) is 5.82 Å². The smallest absolute Gasteiger partial charge is 0.246 e. The predicted octanol–water partition coefficient (Wildman–Crippen LogP) is 5.99. The van der Waals surface area contributed by atoms with Crippen molar-refractivity contribution in [3.05, 3.63) is 88.7 Å². The number of amides is 1. The monoisotopic (exact) mass is 532 g/mol. The molecule has 37 heavy (non-hydrogen) atoms. The molecule has 2 aromatic heterocycles. The van der Waals surface area contributed by atoms with Crippen LogP contribution in [0.15, 0.2) is 67.5 Å². The number of anilines is 1. The molecule has 1 saturated heterocycles. The second kappa shape index (κ2) is 10.7. The van der Waals surface area contributed by atoms with E-state index in [1.165, 1.54) is 12.4 Å². The average Bonchev–Trinajstić information content (AvgIpc) is 3.31. The fourth-order valence-electron chi connectivity index (χ4n) is 4.69. The predicted molar refractivity (Wildman–Crippen MR) is 149 cm³/mol. The third-order valence-corrected chi connectivity index (χ3v) is 7.16. The summed E-state index contributed by atoms with van der Waals surface area (Å²) in [6, 6.07) is 13.6. The molecular weight excluding hydrogens is 507 g/mol. The maximum atomic E-state index is 12.2. The van der Waals surface area contributed by atoms with Gasteiger partial charge in [-0.15, -0.1) is 0 Å². The molecule has 7 nitrogen and oxygen atoms in total. The van der Waals surface area contributed by atoms with Gasteiger partial charge in [-0.25, -0.2) is 14.6 Å². The lowest BCUT2D eigenvalue weighted by atomic mass is 10.1. The van der Waals surface area contributed by atoms with Gasteiger partial charge in [-0.05, 0) is 54.7 Å². The molecule has 0 radical (unpaired) electrons. The highest BCUT2D eigenvalue weighted by Gasteiger charge is 2.28. The zero-order valence-electron chi connectivity index (χ0n) is 20.1. The molecule has 3 heterocycles. The van der Waals surface area contributed by atoms with Gasteiger partial charge in [0.1, 0.15) is 17.8 Å². The topological polar surface area (TPSA) is 89.9 Å². The minimum absolute atomic E-state index is 0.0336. The van der Waals surface area contributed by atoms with Crippen LogP contribution in [0.2, 0.25) is 10.0 Å². The van der Waals surface area contributed by atoms with Gasteiger partial charge in [-0.3, -0.25) is 4.79 Å². The molecule has 2 aromatic carbocycles. The molecule has 9 heteroatoms. The van der Waals surface area contributed by atoms with E-state index in [9.17, 15) is 4.79 Å². The average molecular weight is 533 g/mol. The Labute approximate surface area is 225 Å². The van der Waals surface area contributed by atoms with Crippen LogP contribution < -0.4 is 5.73 Å². The molecule has 188 valence electrons. The summed E-state index contributed by atoms with van der Waals surface area (Å²) in [6.45, 7) is 4.85. The number of rotatable bonds is 6. The lowest BCUT2D eigenvalue weighted by molar-refractivity contribution is -0.127. The molecule has 1 fully saturated rings. The number of benzene rings is 2. The SMILES string of the molecule is C=CC(=O)N1CCCC(n2nc(-c3ccc(/C=C/Cc4ccc(Cl)cc4)c(Cl)c3)c3c(N)ncnc32)C1. The number of carbonyl (C=O) groups excluding carboxylic acids is 1. The van der Waals surface area contributed by atoms with Gasteiger partial charge < -0.3 is 10.6 Å². The largest absolute Gasteiger partial charge is 0.383 e. The summed E-state index contributed by atoms with van der Waals surface area (Å²) in [5.74, 6) is 0.270. The van der Waals surface area contributed by atoms with E-state index < -0.39 is 0 Å². The van der Waals surface area contributed by atoms with Gasteiger partial charge >= 0.3 is 0 Å². The van der Waals surface area contributed by atoms with Crippen LogP contribution in [-0.4, -0.2) is 43.6 Å². The molecule has 1 amide bonds. The molecule has 0 bridgehead atoms. The molecule has 2 N–H and O–H groups in total. The van der Waals surface area contributed by atoms with E-state index in [0.29, 0.717) is 40.7 Å². The molecule has 4 aromatic rings. The van der Waals surface area contributed by atoms with Crippen LogP contribution >= 0.6 is 23.2 Å². The standard InChI is InChI=1S/C28H26Cl2N6O/c1-2-24(37)35-14-4-7-22(16-35)36-28-25(27(31)32-17-33-28)26(34-36)20-11-10-19(23(30)15-20)6-3-5-18-8-12-21(29)13-9-18/h2-3,6,8-13,15,17,22H,1,4-5,7,14,16H2,(H2,31,32,33)/b6-3+. The summed E-state index contributed by atoms with van der Waals surface area (Å²) in [5, 5.41) is 6.93. The quantitative estimate of drug-likeness (QED) is 0.308. The van der Waals surface area contributed by atoms with Crippen LogP contribution in [0.25, 0.3) is 28.4 Å². The van der Waals surface area contributed by atoms with E-state index in [1.807, 2.05) is 53.2 Å². The Morgan fingerprint density at radius 1 is 1.16 bits per heavy atom. The van der Waals surface area contributed by atoms with Crippen molar-refractivity contribution in [1.82, 2.24) is 24.6 Å². The molecular formula is C28H26Cl2N6O. The summed E-state index contributed by atoms with van der Waals surface area (Å²) in [6.07, 6.45) is 9.37. The summed E-state index contributed by atoms with van der Waals surface area (Å²) >= 11 is 12.6. The number of allylic oxidation sites excluding steroid dienone is 1. The van der Waals surface area contributed by atoms with Crippen molar-refractivity contribution in [2.45, 2.75) is 25.3 Å². The number of likely N-dealkylation sites (tertiary alicyclic amines) is 1. The molecule has 0 aliphatic carbocycles. The number of nitrogen functional groups attached to an aromatic ring is 1. The van der Waals surface area contributed by atoms with Gasteiger partial charge in [0.25, 0.3) is 0 Å². The molecule has 1 unspecified atom stereocenters. The van der Waals surface area contributed by atoms with Crippen LogP contribution in [0.1, 0.15) is 30.0 Å². The fraction of sp³-hybridized carbons (Fsp3) is 0.214. The maximum absolute atomic E-state index is 12.2. The molecule has 0 saturated carbocycles. The lowest BCUT2D eigenvalue weighted by Gasteiger charge is -2.32. The number of halogens is 2. The van der Waals surface area contributed by atoms with Crippen molar-refractivity contribution in [3.63, 3.8) is 0 Å². The van der Waals surface area contributed by atoms with Crippen LogP contribution in [-0.2, 0) is 11.2 Å². The zero-order valence-corrected chi connectivity index (χ0v) is 21.7. The first kappa shape index (κ1) is 25.0. The summed E-state index contributed by atoms with van der Waals surface area (Å²) in [7, 11) is 0. The Morgan fingerprint density at radius 3 is 2.73 bits per heavy atom. The number of hydrogen-bond donors (Lipinski definition) is 1. The van der Waals surface area contributed by atoms with Gasteiger partial charge in [-0.1, -0.05) is 66.2 Å². The summed E-state index contributed by atoms with van der Waals surface area (Å²) in [4.78, 5) is 22.7. The van der Waals surface area contributed by atoms with E-state index in [-0.39, 0.29) is 11.9 Å². The number of nitrogens with zero attached hydrogens (tertiary/aromatic N) is 5. The van der Waals surface area contributed by atoms with Crippen LogP contribution in [0, 0.1) is 0 Å². The first-order valence-electron chi connectivity index (χ1n) is 12.1. The van der Waals surface area contributed by atoms with E-state index in [1.54, 1.807) is 4.90 Å². The highest BCUT2D eigenvalue weighted by atomic mass is 35.5. The Morgan fingerprint density at radius 2 is 1.97 bits per heavy atom. The van der Waals surface area contributed by atoms with Crippen molar-refractivity contribution < 1.29 is 4.79 Å². The Hall–Kier alpha value is -3.68. The Kier molecular flexibility index (Phi) is 7.26. The zero-order chi connectivity index (χ0) is 25.9. The van der Waals surface area contributed by atoms with Crippen LogP contribution in [0.5, 0.6) is 0 Å². The van der Waals surface area contributed by atoms with Crippen molar-refractivity contribution in [1.29, 1.82) is 0 Å². The number of hydrogen-bond acceptors (Lipinski definition) is 5. The number of fused-ring (bicyclic) bond motifs is 1. The number of nitrogens with two attached hydrogens (primary N) is 1. The number of aromatic nitrogens is 4. The van der Waals surface area contributed by atoms with E-state index in [4.69, 9.17) is 34.0 Å². The van der Waals surface area contributed by atoms with Gasteiger partial charge in [0.2, 0.25) is 5.91 Å². The lowest BCUT2D eigenvalue weighted by Crippen LogP contribution is -2.40. The normalized spacial score (nSPS) is 15.9. The second-order valence-corrected chi connectivity index (χ2v) is 9.85. The van der Waals surface area contributed by atoms with E-state index in [2.05, 4.69) is 22.6 Å². The van der Waals surface area contributed by atoms with Gasteiger partial charge in [0.15, 0.2) is 5.65 Å². The molecule has 1 aliphatic heterocycles. The Bertz CT molecular complexity index is 1490. The van der Waals surface area contributed by atoms with Crippen LogP contribution in [0.3, 0.4) is 0 Å². The second-order valence-electron chi connectivity index (χ2n) is 9.00. The fourth-order valence-corrected chi connectivity index (χ4v) is 5.06. The minimum Gasteiger partial charge on any atom is -0.383 e. The van der Waals surface area contributed by atoms with Gasteiger partial charge in [0.05, 0.1) is 11.4 Å². The van der Waals surface area contributed by atoms with Crippen molar-refractivity contribution in [2.24, 2.45) is 0 Å². The molecule has 1 aliphatic rings. The molecule has 5 rings (SSSR count). The summed E-state index contributed by atoms with van der Waals surface area (Å²) < 4.78 is 1.87. The highest BCUT2D eigenvalue weighted by molar-refractivity contribution is 6.32. The van der Waals surface area contributed by atoms with Crippen molar-refractivity contribution in [2.75, 3.05) is 18.8 Å². The van der Waals surface area contributed by atoms with Gasteiger partial charge in [-0.2, -0.15) is 5.10 Å². The van der Waals surface area contributed by atoms with Crippen molar-refractivity contribution in [3.8, 4) is 11.3 Å². The van der Waals surface area contributed by atoms with E-state index >= 15 is 0 Å². The van der Waals surface area contributed by atoms with E-state index in [0.717, 1.165) is 41.0 Å². The highest BCUT2D eigenvalue weighted by Crippen LogP contribution is 2.35. The number of carbonyl (C=O) groups is 1. The van der Waals surface area contributed by atoms with Gasteiger partial charge in [0, 0.05) is 28.7 Å². The third-order valence-electron chi connectivity index (χ3n) is 6.58. The third kappa shape index (κ3) is 5.24. The minimum atomic E-state index is -0.0815.